The first-order valence-corrected chi connectivity index (χ1v) is 20.6. The first-order chi connectivity index (χ1) is 30.2. The monoisotopic (exact) mass is 778 g/mol. The van der Waals surface area contributed by atoms with Crippen LogP contribution >= 0.6 is 0 Å². The van der Waals surface area contributed by atoms with Gasteiger partial charge in [0.1, 0.15) is 5.52 Å². The van der Waals surface area contributed by atoms with Gasteiger partial charge < -0.3 is 4.57 Å². The molecule has 0 spiro atoms. The summed E-state index contributed by atoms with van der Waals surface area (Å²) in [5.74, 6) is 0.688. The highest BCUT2D eigenvalue weighted by Crippen LogP contribution is 2.39. The lowest BCUT2D eigenvalue weighted by Gasteiger charge is -2.13. The molecule has 0 N–H and O–H groups in total. The van der Waals surface area contributed by atoms with E-state index in [0.29, 0.717) is 5.82 Å². The molecule has 4 heteroatoms. The second-order valence-corrected chi connectivity index (χ2v) is 15.2. The molecule has 0 fully saturated rings. The van der Waals surface area contributed by atoms with Crippen LogP contribution in [0, 0.1) is 0 Å². The van der Waals surface area contributed by atoms with Gasteiger partial charge in [0.15, 0.2) is 5.82 Å². The molecule has 0 aliphatic carbocycles. The van der Waals surface area contributed by atoms with E-state index in [1.54, 1.807) is 0 Å². The number of hydrogen-bond acceptors (Lipinski definition) is 3. The van der Waals surface area contributed by atoms with Crippen molar-refractivity contribution in [1.82, 2.24) is 19.5 Å². The lowest BCUT2D eigenvalue weighted by Crippen LogP contribution is -1.99. The van der Waals surface area contributed by atoms with E-state index in [1.807, 2.05) is 12.1 Å². The van der Waals surface area contributed by atoms with Gasteiger partial charge >= 0.3 is 0 Å². The molecule has 0 unspecified atom stereocenters. The molecule has 11 aromatic rings. The van der Waals surface area contributed by atoms with Crippen molar-refractivity contribution in [3.05, 3.63) is 231 Å². The molecule has 3 aromatic heterocycles. The Balaban J connectivity index is 0.995. The van der Waals surface area contributed by atoms with Crippen molar-refractivity contribution < 1.29 is 0 Å². The predicted octanol–water partition coefficient (Wildman–Crippen LogP) is 14.6. The van der Waals surface area contributed by atoms with Gasteiger partial charge in [-0.05, 0) is 81.9 Å². The van der Waals surface area contributed by atoms with Crippen LogP contribution < -0.4 is 0 Å². The van der Waals surface area contributed by atoms with Gasteiger partial charge in [0.05, 0.1) is 28.1 Å². The summed E-state index contributed by atoms with van der Waals surface area (Å²) >= 11 is 0. The minimum Gasteiger partial charge on any atom is -0.306 e. The average Bonchev–Trinajstić information content (AvgIpc) is 3.69. The minimum atomic E-state index is 0.688. The third kappa shape index (κ3) is 6.86. The Labute approximate surface area is 354 Å². The van der Waals surface area contributed by atoms with E-state index >= 15 is 0 Å². The summed E-state index contributed by atoms with van der Waals surface area (Å²) in [6.07, 6.45) is 0. The lowest BCUT2D eigenvalue weighted by atomic mass is 9.95. The lowest BCUT2D eigenvalue weighted by molar-refractivity contribution is 1.15. The second kappa shape index (κ2) is 15.5. The summed E-state index contributed by atoms with van der Waals surface area (Å²) in [6.45, 7) is 0. The van der Waals surface area contributed by atoms with Gasteiger partial charge in [0, 0.05) is 33.3 Å². The highest BCUT2D eigenvalue weighted by atomic mass is 15.0. The topological polar surface area (TPSA) is 43.6 Å². The van der Waals surface area contributed by atoms with E-state index in [1.165, 1.54) is 0 Å². The molecule has 0 aliphatic rings. The van der Waals surface area contributed by atoms with Gasteiger partial charge in [-0.25, -0.2) is 15.0 Å². The quantitative estimate of drug-likeness (QED) is 0.154. The summed E-state index contributed by atoms with van der Waals surface area (Å²) < 4.78 is 2.30. The first kappa shape index (κ1) is 35.9. The summed E-state index contributed by atoms with van der Waals surface area (Å²) in [5.41, 5.74) is 17.8. The average molecular weight is 779 g/mol. The molecular weight excluding hydrogens is 741 g/mol. The Morgan fingerprint density at radius 3 is 1.39 bits per heavy atom. The molecule has 0 saturated carbocycles. The molecular formula is C57H38N4. The van der Waals surface area contributed by atoms with Crippen molar-refractivity contribution in [3.8, 4) is 84.2 Å². The molecule has 8 aromatic carbocycles. The molecule has 286 valence electrons. The van der Waals surface area contributed by atoms with Crippen molar-refractivity contribution >= 4 is 21.9 Å². The van der Waals surface area contributed by atoms with Crippen molar-refractivity contribution in [2.24, 2.45) is 0 Å². The summed E-state index contributed by atoms with van der Waals surface area (Å²) in [5, 5.41) is 1.09. The van der Waals surface area contributed by atoms with Gasteiger partial charge in [0.25, 0.3) is 0 Å². The maximum absolute atomic E-state index is 5.37. The van der Waals surface area contributed by atoms with Gasteiger partial charge in [-0.2, -0.15) is 0 Å². The molecule has 0 aliphatic heterocycles. The van der Waals surface area contributed by atoms with Crippen LogP contribution in [0.25, 0.3) is 106 Å². The fourth-order valence-electron chi connectivity index (χ4n) is 8.42. The summed E-state index contributed by atoms with van der Waals surface area (Å²) in [7, 11) is 0. The number of para-hydroxylation sites is 2. The first-order valence-electron chi connectivity index (χ1n) is 20.6. The zero-order chi connectivity index (χ0) is 40.5. The third-order valence-electron chi connectivity index (χ3n) is 11.4. The highest BCUT2D eigenvalue weighted by molar-refractivity contribution is 6.11. The van der Waals surface area contributed by atoms with E-state index in [4.69, 9.17) is 15.0 Å². The van der Waals surface area contributed by atoms with E-state index in [-0.39, 0.29) is 0 Å². The van der Waals surface area contributed by atoms with Crippen LogP contribution in [-0.4, -0.2) is 19.5 Å². The Bertz CT molecular complexity index is 3280. The molecule has 0 radical (unpaired) electrons. The normalized spacial score (nSPS) is 11.3. The van der Waals surface area contributed by atoms with Gasteiger partial charge in [-0.1, -0.05) is 182 Å². The Morgan fingerprint density at radius 2 is 0.754 bits per heavy atom. The molecule has 0 amide bonds. The van der Waals surface area contributed by atoms with Crippen LogP contribution in [0.3, 0.4) is 0 Å². The Morgan fingerprint density at radius 1 is 0.295 bits per heavy atom. The largest absolute Gasteiger partial charge is 0.306 e. The number of benzene rings is 8. The number of pyridine rings is 1. The second-order valence-electron chi connectivity index (χ2n) is 15.2. The maximum atomic E-state index is 5.37. The van der Waals surface area contributed by atoms with Gasteiger partial charge in [0.2, 0.25) is 0 Å². The predicted molar refractivity (Wildman–Crippen MR) is 252 cm³/mol. The van der Waals surface area contributed by atoms with Crippen molar-refractivity contribution in [2.45, 2.75) is 0 Å². The number of rotatable bonds is 8. The molecule has 0 bridgehead atoms. The van der Waals surface area contributed by atoms with E-state index < -0.39 is 0 Å². The number of hydrogen-bond donors (Lipinski definition) is 0. The summed E-state index contributed by atoms with van der Waals surface area (Å²) in [6, 6.07) is 80.9. The smallest absolute Gasteiger partial charge is 0.160 e. The number of nitrogens with zero attached hydrogens (tertiary/aromatic N) is 4. The van der Waals surface area contributed by atoms with Crippen molar-refractivity contribution in [3.63, 3.8) is 0 Å². The number of fused-ring (bicyclic) bond motifs is 3. The van der Waals surface area contributed by atoms with Crippen LogP contribution in [0.2, 0.25) is 0 Å². The van der Waals surface area contributed by atoms with Crippen LogP contribution in [0.15, 0.2) is 231 Å². The zero-order valence-corrected chi connectivity index (χ0v) is 33.2. The highest BCUT2D eigenvalue weighted by Gasteiger charge is 2.21. The van der Waals surface area contributed by atoms with Crippen LogP contribution in [0.1, 0.15) is 0 Å². The van der Waals surface area contributed by atoms with E-state index in [2.05, 4.69) is 223 Å². The molecule has 0 saturated heterocycles. The third-order valence-corrected chi connectivity index (χ3v) is 11.4. The van der Waals surface area contributed by atoms with E-state index in [9.17, 15) is 0 Å². The molecule has 11 rings (SSSR count). The van der Waals surface area contributed by atoms with E-state index in [0.717, 1.165) is 100 Å². The molecule has 3 heterocycles. The fraction of sp³-hybridized carbons (Fsp3) is 0. The minimum absolute atomic E-state index is 0.688. The Kier molecular flexibility index (Phi) is 9.14. The van der Waals surface area contributed by atoms with Crippen molar-refractivity contribution in [2.75, 3.05) is 0 Å². The van der Waals surface area contributed by atoms with Gasteiger partial charge in [-0.3, -0.25) is 0 Å². The van der Waals surface area contributed by atoms with Crippen LogP contribution in [0.5, 0.6) is 0 Å². The fourth-order valence-corrected chi connectivity index (χ4v) is 8.42. The molecule has 61 heavy (non-hydrogen) atoms. The van der Waals surface area contributed by atoms with Crippen LogP contribution in [-0.2, 0) is 0 Å². The van der Waals surface area contributed by atoms with Crippen LogP contribution in [0.4, 0.5) is 0 Å². The maximum Gasteiger partial charge on any atom is 0.160 e. The van der Waals surface area contributed by atoms with Gasteiger partial charge in [-0.15, -0.1) is 0 Å². The molecule has 4 nitrogen and oxygen atoms in total. The summed E-state index contributed by atoms with van der Waals surface area (Å²) in [4.78, 5) is 15.9. The number of aromatic nitrogens is 4. The zero-order valence-electron chi connectivity index (χ0n) is 33.2. The molecule has 0 atom stereocenters. The standard InChI is InChI=1S/C57H38N4/c1-5-18-39(19-6-1)48-37-51(40-20-7-2-8-21-40)58-52(38-48)46-28-16-26-44(35-46)42-24-15-25-43(34-42)45-27-17-29-47(36-45)57-59-54(41-22-9-3-10-23-41)56-55(60-57)50-32-13-14-33-53(50)61(56)49-30-11-4-12-31-49/h1-38H. The van der Waals surface area contributed by atoms with Crippen molar-refractivity contribution in [1.29, 1.82) is 0 Å². The Hall–Kier alpha value is -8.21. The SMILES string of the molecule is c1ccc(-c2cc(-c3ccccc3)nc(-c3cccc(-c4cccc(-c5cccc(-c6nc(-c7ccccc7)c7c(n6)c6ccccc6n7-c6ccccc6)c5)c4)c3)c2)cc1.